The van der Waals surface area contributed by atoms with Gasteiger partial charge in [-0.1, -0.05) is 19.1 Å². The highest BCUT2D eigenvalue weighted by Crippen LogP contribution is 2.29. The van der Waals surface area contributed by atoms with Crippen LogP contribution in [0, 0.1) is 5.82 Å². The molecule has 0 radical (unpaired) electrons. The molecular weight excluding hydrogens is 495 g/mol. The molecule has 0 unspecified atom stereocenters. The highest BCUT2D eigenvalue weighted by Gasteiger charge is 2.29. The van der Waals surface area contributed by atoms with Crippen molar-refractivity contribution in [3.05, 3.63) is 64.0 Å². The van der Waals surface area contributed by atoms with E-state index in [0.717, 1.165) is 6.54 Å². The molecule has 2 amide bonds. The van der Waals surface area contributed by atoms with Crippen LogP contribution in [0.3, 0.4) is 0 Å². The van der Waals surface area contributed by atoms with E-state index in [0.29, 0.717) is 56.3 Å². The van der Waals surface area contributed by atoms with Crippen LogP contribution in [-0.4, -0.2) is 83.7 Å². The van der Waals surface area contributed by atoms with E-state index >= 15 is 0 Å². The van der Waals surface area contributed by atoms with Gasteiger partial charge in [0.1, 0.15) is 5.82 Å². The zero-order valence-corrected chi connectivity index (χ0v) is 21.0. The number of fused-ring (bicyclic) bond motifs is 1. The number of aromatic nitrogens is 2. The van der Waals surface area contributed by atoms with E-state index in [-0.39, 0.29) is 24.6 Å². The van der Waals surface area contributed by atoms with Crippen LogP contribution in [0.25, 0.3) is 5.65 Å². The number of carbonyl (C=O) groups is 2. The molecule has 2 fully saturated rings. The molecule has 4 heterocycles. The van der Waals surface area contributed by atoms with Crippen LogP contribution in [0.2, 0.25) is 0 Å². The first-order chi connectivity index (χ1) is 18.4. The molecule has 200 valence electrons. The van der Waals surface area contributed by atoms with Crippen LogP contribution in [-0.2, 0) is 16.1 Å². The third-order valence-electron chi connectivity index (χ3n) is 6.86. The molecule has 2 N–H and O–H groups in total. The first kappa shape index (κ1) is 25.6. The highest BCUT2D eigenvalue weighted by atomic mass is 19.1. The number of hydrogen-bond donors (Lipinski definition) is 2. The number of likely N-dealkylation sites (N-methyl/N-ethyl adjacent to an activating group) is 1. The van der Waals surface area contributed by atoms with Crippen molar-refractivity contribution in [1.29, 1.82) is 0 Å². The van der Waals surface area contributed by atoms with E-state index in [1.165, 1.54) is 28.7 Å². The maximum atomic E-state index is 13.3. The molecule has 5 rings (SSSR count). The lowest BCUT2D eigenvalue weighted by Crippen LogP contribution is -2.50. The lowest BCUT2D eigenvalue weighted by Gasteiger charge is -2.35. The van der Waals surface area contributed by atoms with E-state index < -0.39 is 28.7 Å². The zero-order valence-electron chi connectivity index (χ0n) is 21.0. The summed E-state index contributed by atoms with van der Waals surface area (Å²) in [6.07, 6.45) is 1.56. The zero-order chi connectivity index (χ0) is 26.8. The molecule has 1 aromatic carbocycles. The summed E-state index contributed by atoms with van der Waals surface area (Å²) in [6.45, 7) is 6.25. The summed E-state index contributed by atoms with van der Waals surface area (Å²) >= 11 is 0. The second kappa shape index (κ2) is 10.8. The number of carbonyl (C=O) groups excluding carboxylic acids is 2. The van der Waals surface area contributed by atoms with E-state index in [1.807, 2.05) is 16.7 Å². The molecule has 0 saturated carbocycles. The average molecular weight is 525 g/mol. The van der Waals surface area contributed by atoms with Gasteiger partial charge in [-0.3, -0.25) is 23.7 Å². The minimum atomic E-state index is -0.821. The predicted octanol–water partition coefficient (Wildman–Crippen LogP) is 0.974. The molecule has 0 spiro atoms. The Balaban J connectivity index is 1.56. The Morgan fingerprint density at radius 3 is 2.55 bits per heavy atom. The van der Waals surface area contributed by atoms with E-state index in [4.69, 9.17) is 4.74 Å². The third-order valence-corrected chi connectivity index (χ3v) is 6.86. The van der Waals surface area contributed by atoms with Crippen LogP contribution in [0.4, 0.5) is 15.8 Å². The number of aromatic hydroxyl groups is 1. The van der Waals surface area contributed by atoms with Gasteiger partial charge in [0.05, 0.1) is 31.1 Å². The minimum Gasteiger partial charge on any atom is -0.501 e. The van der Waals surface area contributed by atoms with Crippen molar-refractivity contribution >= 4 is 28.8 Å². The van der Waals surface area contributed by atoms with Crippen molar-refractivity contribution in [2.75, 3.05) is 62.3 Å². The van der Waals surface area contributed by atoms with Gasteiger partial charge in [-0.2, -0.15) is 0 Å². The quantitative estimate of drug-likeness (QED) is 0.490. The van der Waals surface area contributed by atoms with Crippen molar-refractivity contribution in [3.8, 4) is 5.75 Å². The second-order valence-corrected chi connectivity index (χ2v) is 9.21. The molecule has 0 bridgehead atoms. The van der Waals surface area contributed by atoms with Crippen molar-refractivity contribution in [2.45, 2.75) is 13.5 Å². The molecule has 11 nitrogen and oxygen atoms in total. The van der Waals surface area contributed by atoms with Crippen molar-refractivity contribution in [1.82, 2.24) is 19.6 Å². The molecular formula is C26H29FN6O5. The van der Waals surface area contributed by atoms with Crippen molar-refractivity contribution < 1.29 is 23.8 Å². The Kier molecular flexibility index (Phi) is 7.25. The number of benzene rings is 1. The van der Waals surface area contributed by atoms with Crippen molar-refractivity contribution in [2.24, 2.45) is 0 Å². The van der Waals surface area contributed by atoms with Crippen LogP contribution in [0.1, 0.15) is 23.0 Å². The molecule has 2 aliphatic rings. The van der Waals surface area contributed by atoms with E-state index in [2.05, 4.69) is 10.3 Å². The van der Waals surface area contributed by atoms with E-state index in [9.17, 15) is 23.9 Å². The van der Waals surface area contributed by atoms with Crippen LogP contribution < -0.4 is 20.7 Å². The van der Waals surface area contributed by atoms with Gasteiger partial charge in [0.25, 0.3) is 5.91 Å². The number of halogens is 1. The Labute approximate surface area is 218 Å². The largest absolute Gasteiger partial charge is 0.501 e. The number of anilines is 2. The fourth-order valence-corrected chi connectivity index (χ4v) is 4.67. The number of hydrogen-bond acceptors (Lipinski definition) is 8. The maximum Gasteiger partial charge on any atom is 0.301 e. The molecule has 0 aliphatic carbocycles. The average Bonchev–Trinajstić information content (AvgIpc) is 2.94. The second-order valence-electron chi connectivity index (χ2n) is 9.21. The standard InChI is InChI=1S/C26H29FN6O5/c1-2-30-7-8-32(21(34)16-30)20-13-19(31-9-11-38-12-10-31)15-33-24(20)29-22(23(35)26(33)37)25(36)28-14-17-3-5-18(27)6-4-17/h3-6,13,15,35H,2,7-12,14,16H2,1H3,(H,28,36). The monoisotopic (exact) mass is 524 g/mol. The number of morpholine rings is 1. The fraction of sp³-hybridized carbons (Fsp3) is 0.385. The lowest BCUT2D eigenvalue weighted by molar-refractivity contribution is -0.121. The van der Waals surface area contributed by atoms with E-state index in [1.54, 1.807) is 17.2 Å². The SMILES string of the molecule is CCN1CCN(c2cc(N3CCOCC3)cn3c(=O)c(O)c(C(=O)NCc4ccc(F)cc4)nc23)C(=O)C1. The minimum absolute atomic E-state index is 0.0416. The normalized spacial score (nSPS) is 16.7. The summed E-state index contributed by atoms with van der Waals surface area (Å²) in [5.41, 5.74) is 0.523. The first-order valence-corrected chi connectivity index (χ1v) is 12.5. The summed E-state index contributed by atoms with van der Waals surface area (Å²) in [5, 5.41) is 13.3. The smallest absolute Gasteiger partial charge is 0.301 e. The van der Waals surface area contributed by atoms with Crippen LogP contribution in [0.5, 0.6) is 5.75 Å². The van der Waals surface area contributed by atoms with Gasteiger partial charge in [-0.25, -0.2) is 9.37 Å². The van der Waals surface area contributed by atoms with Gasteiger partial charge in [0.15, 0.2) is 11.3 Å². The summed E-state index contributed by atoms with van der Waals surface area (Å²) in [4.78, 5) is 49.4. The molecule has 2 aromatic heterocycles. The fourth-order valence-electron chi connectivity index (χ4n) is 4.67. The number of amides is 2. The number of nitrogens with one attached hydrogen (secondary N) is 1. The Bertz CT molecular complexity index is 1420. The topological polar surface area (TPSA) is 120 Å². The van der Waals surface area contributed by atoms with Crippen molar-refractivity contribution in [3.63, 3.8) is 0 Å². The molecule has 2 saturated heterocycles. The Morgan fingerprint density at radius 1 is 1.13 bits per heavy atom. The van der Waals surface area contributed by atoms with Gasteiger partial charge in [0.2, 0.25) is 11.7 Å². The molecule has 3 aromatic rings. The predicted molar refractivity (Wildman–Crippen MR) is 138 cm³/mol. The number of pyridine rings is 1. The molecule has 0 atom stereocenters. The highest BCUT2D eigenvalue weighted by molar-refractivity contribution is 6.00. The Hall–Kier alpha value is -4.03. The summed E-state index contributed by atoms with van der Waals surface area (Å²) in [6, 6.07) is 7.38. The van der Waals surface area contributed by atoms with Gasteiger partial charge in [-0.15, -0.1) is 0 Å². The number of rotatable bonds is 6. The van der Waals surface area contributed by atoms with Gasteiger partial charge < -0.3 is 25.0 Å². The number of piperazine rings is 1. The molecule has 12 heteroatoms. The maximum absolute atomic E-state index is 13.3. The Morgan fingerprint density at radius 2 is 1.87 bits per heavy atom. The number of nitrogens with zero attached hydrogens (tertiary/aromatic N) is 5. The summed E-state index contributed by atoms with van der Waals surface area (Å²) in [7, 11) is 0. The summed E-state index contributed by atoms with van der Waals surface area (Å²) < 4.78 is 19.8. The van der Waals surface area contributed by atoms with Crippen LogP contribution >= 0.6 is 0 Å². The number of ether oxygens (including phenoxy) is 1. The summed E-state index contributed by atoms with van der Waals surface area (Å²) in [5.74, 6) is -2.12. The molecule has 2 aliphatic heterocycles. The van der Waals surface area contributed by atoms with Gasteiger partial charge in [0, 0.05) is 38.9 Å². The molecule has 38 heavy (non-hydrogen) atoms. The lowest BCUT2D eigenvalue weighted by atomic mass is 10.2. The van der Waals surface area contributed by atoms with Gasteiger partial charge >= 0.3 is 5.56 Å². The third kappa shape index (κ3) is 5.04. The van der Waals surface area contributed by atoms with Crippen LogP contribution in [0.15, 0.2) is 41.3 Å². The first-order valence-electron chi connectivity index (χ1n) is 12.5. The van der Waals surface area contributed by atoms with Gasteiger partial charge in [-0.05, 0) is 30.3 Å².